The van der Waals surface area contributed by atoms with Gasteiger partial charge in [-0.25, -0.2) is 4.79 Å². The maximum Gasteiger partial charge on any atom is 0.333 e. The molecule has 0 aromatic heterocycles. The van der Waals surface area contributed by atoms with Crippen LogP contribution in [0.3, 0.4) is 0 Å². The number of allylic oxidation sites excluding steroid dienone is 4. The Hall–Kier alpha value is -1.98. The van der Waals surface area contributed by atoms with Gasteiger partial charge in [0.25, 0.3) is 0 Å². The molecule has 0 bridgehead atoms. The van der Waals surface area contributed by atoms with Crippen molar-refractivity contribution in [2.24, 2.45) is 11.3 Å². The maximum atomic E-state index is 11.4. The van der Waals surface area contributed by atoms with Crippen molar-refractivity contribution in [2.75, 3.05) is 0 Å². The van der Waals surface area contributed by atoms with Crippen molar-refractivity contribution in [3.63, 3.8) is 0 Å². The topological polar surface area (TPSA) is 83.8 Å². The summed E-state index contributed by atoms with van der Waals surface area (Å²) < 4.78 is 4.57. The SMILES string of the molecule is C=C(C)C1(CC/C(C)=C/CC/C(C=O)=C\CC(O)C2=CC(=O)OC2O)CCCC1C. The normalized spacial score (nSPS) is 28.3. The van der Waals surface area contributed by atoms with E-state index in [-0.39, 0.29) is 17.4 Å². The minimum Gasteiger partial charge on any atom is -0.429 e. The summed E-state index contributed by atoms with van der Waals surface area (Å²) in [6.07, 6.45) is 10.8. The molecule has 1 heterocycles. The van der Waals surface area contributed by atoms with Crippen molar-refractivity contribution < 1.29 is 24.5 Å². The van der Waals surface area contributed by atoms with Gasteiger partial charge < -0.3 is 14.9 Å². The summed E-state index contributed by atoms with van der Waals surface area (Å²) in [4.78, 5) is 22.5. The van der Waals surface area contributed by atoms with Gasteiger partial charge in [0.2, 0.25) is 6.29 Å². The summed E-state index contributed by atoms with van der Waals surface area (Å²) in [5.74, 6) is 0.0187. The first-order valence-corrected chi connectivity index (χ1v) is 10.9. The Kier molecular flexibility index (Phi) is 8.80. The van der Waals surface area contributed by atoms with Crippen LogP contribution in [0, 0.1) is 11.3 Å². The third kappa shape index (κ3) is 6.02. The van der Waals surface area contributed by atoms with Crippen LogP contribution >= 0.6 is 0 Å². The predicted molar refractivity (Wildman–Crippen MR) is 117 cm³/mol. The molecular formula is C25H36O5. The predicted octanol–water partition coefficient (Wildman–Crippen LogP) is 4.55. The molecule has 0 spiro atoms. The van der Waals surface area contributed by atoms with E-state index < -0.39 is 18.4 Å². The van der Waals surface area contributed by atoms with Crippen LogP contribution < -0.4 is 0 Å². The Morgan fingerprint density at radius 1 is 1.37 bits per heavy atom. The molecule has 0 aromatic rings. The Balaban J connectivity index is 1.84. The number of rotatable bonds is 11. The monoisotopic (exact) mass is 416 g/mol. The zero-order chi connectivity index (χ0) is 22.3. The molecule has 2 rings (SSSR count). The lowest BCUT2D eigenvalue weighted by molar-refractivity contribution is -0.151. The number of hydrogen-bond acceptors (Lipinski definition) is 5. The third-order valence-electron chi connectivity index (χ3n) is 6.88. The van der Waals surface area contributed by atoms with Gasteiger partial charge in [0, 0.05) is 11.6 Å². The van der Waals surface area contributed by atoms with E-state index in [1.807, 2.05) is 0 Å². The molecule has 4 unspecified atom stereocenters. The summed E-state index contributed by atoms with van der Waals surface area (Å²) in [5, 5.41) is 19.7. The molecule has 30 heavy (non-hydrogen) atoms. The van der Waals surface area contributed by atoms with Crippen LogP contribution in [0.4, 0.5) is 0 Å². The lowest BCUT2D eigenvalue weighted by Crippen LogP contribution is -2.24. The second-order valence-corrected chi connectivity index (χ2v) is 8.90. The highest BCUT2D eigenvalue weighted by atomic mass is 16.6. The largest absolute Gasteiger partial charge is 0.429 e. The lowest BCUT2D eigenvalue weighted by atomic mass is 9.70. The molecule has 1 fully saturated rings. The molecule has 0 radical (unpaired) electrons. The van der Waals surface area contributed by atoms with E-state index in [4.69, 9.17) is 0 Å². The van der Waals surface area contributed by atoms with Crippen LogP contribution in [0.25, 0.3) is 0 Å². The first kappa shape index (κ1) is 24.3. The van der Waals surface area contributed by atoms with E-state index >= 15 is 0 Å². The van der Waals surface area contributed by atoms with Crippen LogP contribution in [0.1, 0.15) is 72.1 Å². The smallest absolute Gasteiger partial charge is 0.333 e. The standard InChI is InChI=1S/C25H36O5/c1-17(2)25(13-6-8-19(25)4)14-12-18(3)7-5-9-20(16-26)10-11-22(27)21-15-23(28)30-24(21)29/h7,10,15-16,19,22,24,27,29H,1,5-6,8-9,11-14H2,2-4H3/b18-7+,20-10+. The molecule has 1 aliphatic heterocycles. The summed E-state index contributed by atoms with van der Waals surface area (Å²) in [6.45, 7) is 10.9. The van der Waals surface area contributed by atoms with Crippen LogP contribution in [0.15, 0.2) is 47.1 Å². The van der Waals surface area contributed by atoms with E-state index in [1.54, 1.807) is 6.08 Å². The zero-order valence-electron chi connectivity index (χ0n) is 18.5. The molecule has 5 nitrogen and oxygen atoms in total. The van der Waals surface area contributed by atoms with Gasteiger partial charge in [-0.1, -0.05) is 43.2 Å². The molecule has 0 saturated heterocycles. The van der Waals surface area contributed by atoms with Gasteiger partial charge in [0.15, 0.2) is 0 Å². The molecular weight excluding hydrogens is 380 g/mol. The van der Waals surface area contributed by atoms with E-state index in [0.29, 0.717) is 17.9 Å². The van der Waals surface area contributed by atoms with Crippen molar-refractivity contribution >= 4 is 12.3 Å². The minimum atomic E-state index is -1.41. The number of aliphatic hydroxyl groups excluding tert-OH is 2. The van der Waals surface area contributed by atoms with Gasteiger partial charge in [-0.2, -0.15) is 0 Å². The minimum absolute atomic E-state index is 0.129. The molecule has 1 aliphatic carbocycles. The number of aldehydes is 1. The average molecular weight is 417 g/mol. The van der Waals surface area contributed by atoms with E-state index in [2.05, 4.69) is 38.2 Å². The molecule has 2 aliphatic rings. The van der Waals surface area contributed by atoms with Gasteiger partial charge in [0.05, 0.1) is 6.10 Å². The lowest BCUT2D eigenvalue weighted by Gasteiger charge is -2.35. The molecule has 4 atom stereocenters. The highest BCUT2D eigenvalue weighted by Crippen LogP contribution is 2.51. The van der Waals surface area contributed by atoms with E-state index in [0.717, 1.165) is 31.6 Å². The summed E-state index contributed by atoms with van der Waals surface area (Å²) in [7, 11) is 0. The number of cyclic esters (lactones) is 1. The van der Waals surface area contributed by atoms with Gasteiger partial charge in [-0.3, -0.25) is 4.79 Å². The van der Waals surface area contributed by atoms with Crippen LogP contribution in [0.2, 0.25) is 0 Å². The molecule has 2 N–H and O–H groups in total. The summed E-state index contributed by atoms with van der Waals surface area (Å²) in [6, 6.07) is 0. The second-order valence-electron chi connectivity index (χ2n) is 8.90. The number of carbonyl (C=O) groups is 2. The van der Waals surface area contributed by atoms with Crippen molar-refractivity contribution in [3.8, 4) is 0 Å². The van der Waals surface area contributed by atoms with Crippen LogP contribution in [-0.2, 0) is 14.3 Å². The fourth-order valence-corrected chi connectivity index (χ4v) is 4.76. The van der Waals surface area contributed by atoms with Gasteiger partial charge in [0.1, 0.15) is 6.29 Å². The Bertz CT molecular complexity index is 745. The highest BCUT2D eigenvalue weighted by Gasteiger charge is 2.40. The third-order valence-corrected chi connectivity index (χ3v) is 6.88. The molecule has 5 heteroatoms. The first-order valence-electron chi connectivity index (χ1n) is 10.9. The zero-order valence-corrected chi connectivity index (χ0v) is 18.5. The number of carbonyl (C=O) groups excluding carboxylic acids is 2. The van der Waals surface area contributed by atoms with Crippen molar-refractivity contribution in [1.29, 1.82) is 0 Å². The van der Waals surface area contributed by atoms with Crippen molar-refractivity contribution in [1.82, 2.24) is 0 Å². The quantitative estimate of drug-likeness (QED) is 0.223. The Morgan fingerprint density at radius 2 is 2.10 bits per heavy atom. The molecule has 0 aromatic carbocycles. The molecule has 166 valence electrons. The fourth-order valence-electron chi connectivity index (χ4n) is 4.76. The van der Waals surface area contributed by atoms with Crippen LogP contribution in [-0.4, -0.2) is 34.9 Å². The highest BCUT2D eigenvalue weighted by molar-refractivity contribution is 5.85. The van der Waals surface area contributed by atoms with E-state index in [9.17, 15) is 19.8 Å². The van der Waals surface area contributed by atoms with Gasteiger partial charge in [-0.05, 0) is 75.7 Å². The number of ether oxygens (including phenoxy) is 1. The number of hydrogen-bond donors (Lipinski definition) is 2. The summed E-state index contributed by atoms with van der Waals surface area (Å²) >= 11 is 0. The molecule has 1 saturated carbocycles. The summed E-state index contributed by atoms with van der Waals surface area (Å²) in [5.41, 5.74) is 3.63. The van der Waals surface area contributed by atoms with Gasteiger partial charge >= 0.3 is 5.97 Å². The Morgan fingerprint density at radius 3 is 2.63 bits per heavy atom. The van der Waals surface area contributed by atoms with Crippen molar-refractivity contribution in [3.05, 3.63) is 47.1 Å². The first-order chi connectivity index (χ1) is 14.2. The number of esters is 1. The number of aliphatic hydroxyl groups is 2. The van der Waals surface area contributed by atoms with E-state index in [1.165, 1.54) is 30.4 Å². The Labute approximate surface area is 180 Å². The molecule has 0 amide bonds. The van der Waals surface area contributed by atoms with Crippen molar-refractivity contribution in [2.45, 2.75) is 84.5 Å². The maximum absolute atomic E-state index is 11.4. The van der Waals surface area contributed by atoms with Crippen LogP contribution in [0.5, 0.6) is 0 Å². The second kappa shape index (κ2) is 10.9. The van der Waals surface area contributed by atoms with Gasteiger partial charge in [-0.15, -0.1) is 0 Å². The average Bonchev–Trinajstić information content (AvgIpc) is 3.24. The fraction of sp³-hybridized carbons (Fsp3) is 0.600.